The quantitative estimate of drug-likeness (QED) is 0.364. The van der Waals surface area contributed by atoms with Crippen LogP contribution < -0.4 is 10.2 Å². The number of halogens is 4. The summed E-state index contributed by atoms with van der Waals surface area (Å²) < 4.78 is 37.4. The van der Waals surface area contributed by atoms with E-state index in [2.05, 4.69) is 22.3 Å². The number of rotatable bonds is 7. The average Bonchev–Trinajstić information content (AvgIpc) is 2.84. The minimum Gasteiger partial charge on any atom is -0.382 e. The lowest BCUT2D eigenvalue weighted by molar-refractivity contribution is -0.132. The van der Waals surface area contributed by atoms with E-state index in [1.54, 1.807) is 12.1 Å². The summed E-state index contributed by atoms with van der Waals surface area (Å²) >= 11 is 5.88. The van der Waals surface area contributed by atoms with Crippen LogP contribution in [-0.2, 0) is 4.79 Å². The highest BCUT2D eigenvalue weighted by molar-refractivity contribution is 8.00. The number of thioether (sulfide) groups is 1. The zero-order chi connectivity index (χ0) is 24.8. The van der Waals surface area contributed by atoms with E-state index in [9.17, 15) is 18.0 Å². The molecular weight excluding hydrogens is 507 g/mol. The van der Waals surface area contributed by atoms with Gasteiger partial charge in [0.05, 0.1) is 0 Å². The van der Waals surface area contributed by atoms with Crippen molar-refractivity contribution in [1.82, 2.24) is 4.90 Å². The van der Waals surface area contributed by atoms with Gasteiger partial charge in [0.25, 0.3) is 0 Å². The van der Waals surface area contributed by atoms with E-state index < -0.39 is 5.51 Å². The average molecular weight is 542 g/mol. The molecule has 2 aliphatic rings. The van der Waals surface area contributed by atoms with Crippen molar-refractivity contribution in [1.29, 1.82) is 0 Å². The molecule has 4 nitrogen and oxygen atoms in total. The fraction of sp³-hybridized carbons (Fsp3) is 0.519. The first kappa shape index (κ1) is 28.5. The first-order valence-electron chi connectivity index (χ1n) is 12.2. The summed E-state index contributed by atoms with van der Waals surface area (Å²) in [7, 11) is 0. The molecule has 2 fully saturated rings. The van der Waals surface area contributed by atoms with Gasteiger partial charge in [0.15, 0.2) is 0 Å². The first-order valence-corrected chi connectivity index (χ1v) is 13.4. The van der Waals surface area contributed by atoms with Crippen molar-refractivity contribution in [3.8, 4) is 0 Å². The number of amides is 1. The van der Waals surface area contributed by atoms with Crippen molar-refractivity contribution < 1.29 is 18.0 Å². The number of carbonyl (C=O) groups is 1. The molecule has 2 heterocycles. The topological polar surface area (TPSA) is 35.6 Å². The van der Waals surface area contributed by atoms with Gasteiger partial charge in [-0.15, -0.1) is 0 Å². The molecule has 0 saturated carbocycles. The third-order valence-electron chi connectivity index (χ3n) is 6.88. The van der Waals surface area contributed by atoms with Crippen molar-refractivity contribution in [3.63, 3.8) is 0 Å². The molecule has 0 unspecified atom stereocenters. The van der Waals surface area contributed by atoms with E-state index in [1.165, 1.54) is 17.8 Å². The minimum absolute atomic E-state index is 0. The van der Waals surface area contributed by atoms with Crippen LogP contribution in [0, 0.1) is 5.92 Å². The second-order valence-electron chi connectivity index (χ2n) is 9.32. The Hall–Kier alpha value is -2.06. The fourth-order valence-electron chi connectivity index (χ4n) is 4.88. The van der Waals surface area contributed by atoms with Crippen molar-refractivity contribution in [2.24, 2.45) is 5.92 Å². The normalized spacial score (nSPS) is 17.6. The van der Waals surface area contributed by atoms with E-state index in [-0.39, 0.29) is 36.0 Å². The molecule has 0 aliphatic carbocycles. The van der Waals surface area contributed by atoms with E-state index in [0.717, 1.165) is 55.9 Å². The summed E-state index contributed by atoms with van der Waals surface area (Å²) in [4.78, 5) is 17.3. The Kier molecular flexibility index (Phi) is 10.3. The largest absolute Gasteiger partial charge is 0.446 e. The lowest BCUT2D eigenvalue weighted by Gasteiger charge is -2.35. The SMILES string of the molecule is C.O=C(CCC1CCN(c2ccc(Cl)cc2)CC1)N1CCC(Nc2ccc(SC(F)(F)F)cc2)CC1. The van der Waals surface area contributed by atoms with Crippen LogP contribution in [0.15, 0.2) is 53.4 Å². The van der Waals surface area contributed by atoms with E-state index in [0.29, 0.717) is 25.4 Å². The molecule has 4 rings (SSSR count). The molecule has 2 aromatic rings. The Bertz CT molecular complexity index is 956. The smallest absolute Gasteiger partial charge is 0.382 e. The molecule has 1 amide bonds. The molecule has 1 N–H and O–H groups in total. The van der Waals surface area contributed by atoms with Crippen molar-refractivity contribution in [2.45, 2.75) is 62.4 Å². The van der Waals surface area contributed by atoms with Gasteiger partial charge in [-0.2, -0.15) is 13.2 Å². The van der Waals surface area contributed by atoms with Gasteiger partial charge in [0, 0.05) is 59.9 Å². The highest BCUT2D eigenvalue weighted by Gasteiger charge is 2.29. The Morgan fingerprint density at radius 2 is 1.56 bits per heavy atom. The molecule has 0 bridgehead atoms. The van der Waals surface area contributed by atoms with Crippen molar-refractivity contribution in [3.05, 3.63) is 53.6 Å². The molecule has 198 valence electrons. The van der Waals surface area contributed by atoms with Crippen LogP contribution in [0.25, 0.3) is 0 Å². The molecular formula is C27H35ClF3N3OS. The number of alkyl halides is 3. The molecule has 0 aromatic heterocycles. The van der Waals surface area contributed by atoms with Gasteiger partial charge in [-0.1, -0.05) is 19.0 Å². The Labute approximate surface area is 221 Å². The predicted molar refractivity (Wildman–Crippen MR) is 144 cm³/mol. The summed E-state index contributed by atoms with van der Waals surface area (Å²) in [6.45, 7) is 3.45. The molecule has 2 aromatic carbocycles. The van der Waals surface area contributed by atoms with Gasteiger partial charge in [-0.3, -0.25) is 4.79 Å². The highest BCUT2D eigenvalue weighted by Crippen LogP contribution is 2.37. The summed E-state index contributed by atoms with van der Waals surface area (Å²) in [5.74, 6) is 0.817. The van der Waals surface area contributed by atoms with Crippen LogP contribution in [0.2, 0.25) is 5.02 Å². The lowest BCUT2D eigenvalue weighted by atomic mass is 9.91. The number of hydrogen-bond acceptors (Lipinski definition) is 4. The number of hydrogen-bond donors (Lipinski definition) is 1. The third kappa shape index (κ3) is 8.51. The van der Waals surface area contributed by atoms with Crippen LogP contribution in [0.4, 0.5) is 24.5 Å². The Morgan fingerprint density at radius 3 is 2.14 bits per heavy atom. The summed E-state index contributed by atoms with van der Waals surface area (Å²) in [5, 5.41) is 4.14. The summed E-state index contributed by atoms with van der Waals surface area (Å²) in [6.07, 6.45) is 5.41. The number of benzene rings is 2. The maximum atomic E-state index is 12.8. The second kappa shape index (κ2) is 13.0. The maximum absolute atomic E-state index is 12.8. The third-order valence-corrected chi connectivity index (χ3v) is 7.87. The van der Waals surface area contributed by atoms with Crippen LogP contribution in [-0.4, -0.2) is 48.5 Å². The fourth-order valence-corrected chi connectivity index (χ4v) is 5.54. The van der Waals surface area contributed by atoms with Gasteiger partial charge in [0.1, 0.15) is 0 Å². The van der Waals surface area contributed by atoms with E-state index in [4.69, 9.17) is 11.6 Å². The van der Waals surface area contributed by atoms with Gasteiger partial charge >= 0.3 is 5.51 Å². The Morgan fingerprint density at radius 1 is 0.944 bits per heavy atom. The van der Waals surface area contributed by atoms with Crippen LogP contribution in [0.5, 0.6) is 0 Å². The van der Waals surface area contributed by atoms with E-state index >= 15 is 0 Å². The van der Waals surface area contributed by atoms with Gasteiger partial charge < -0.3 is 15.1 Å². The standard InChI is InChI=1S/C26H31ClF3N3OS.CH4/c27-20-2-6-23(7-3-20)32-15-11-19(12-16-32)1-10-25(34)33-17-13-22(14-18-33)31-21-4-8-24(9-5-21)35-26(28,29)30;/h2-9,19,22,31H,1,10-18H2;1H4. The molecule has 0 atom stereocenters. The lowest BCUT2D eigenvalue weighted by Crippen LogP contribution is -2.42. The van der Waals surface area contributed by atoms with Gasteiger partial charge in [0.2, 0.25) is 5.91 Å². The number of anilines is 2. The van der Waals surface area contributed by atoms with Crippen LogP contribution in [0.3, 0.4) is 0 Å². The summed E-state index contributed by atoms with van der Waals surface area (Å²) in [6, 6.07) is 14.5. The molecule has 2 aliphatic heterocycles. The van der Waals surface area contributed by atoms with Crippen molar-refractivity contribution in [2.75, 3.05) is 36.4 Å². The monoisotopic (exact) mass is 541 g/mol. The van der Waals surface area contributed by atoms with Crippen molar-refractivity contribution >= 4 is 40.6 Å². The van der Waals surface area contributed by atoms with Crippen LogP contribution in [0.1, 0.15) is 46.0 Å². The Balaban J connectivity index is 0.00000361. The molecule has 2 saturated heterocycles. The first-order chi connectivity index (χ1) is 16.7. The maximum Gasteiger partial charge on any atom is 0.446 e. The molecule has 36 heavy (non-hydrogen) atoms. The number of nitrogens with zero attached hydrogens (tertiary/aromatic N) is 2. The molecule has 0 radical (unpaired) electrons. The minimum atomic E-state index is -4.27. The highest BCUT2D eigenvalue weighted by atomic mass is 35.5. The van der Waals surface area contributed by atoms with E-state index in [1.807, 2.05) is 17.0 Å². The number of nitrogens with one attached hydrogen (secondary N) is 1. The number of carbonyl (C=O) groups excluding carboxylic acids is 1. The summed E-state index contributed by atoms with van der Waals surface area (Å²) in [5.41, 5.74) is -2.26. The zero-order valence-corrected chi connectivity index (χ0v) is 21.1. The van der Waals surface area contributed by atoms with Gasteiger partial charge in [-0.25, -0.2) is 0 Å². The van der Waals surface area contributed by atoms with Crippen LogP contribution >= 0.6 is 23.4 Å². The number of likely N-dealkylation sites (tertiary alicyclic amines) is 1. The zero-order valence-electron chi connectivity index (χ0n) is 19.6. The van der Waals surface area contributed by atoms with Gasteiger partial charge in [-0.05, 0) is 98.3 Å². The molecule has 9 heteroatoms. The predicted octanol–water partition coefficient (Wildman–Crippen LogP) is 7.69. The number of piperidine rings is 2. The molecule has 0 spiro atoms. The second-order valence-corrected chi connectivity index (χ2v) is 10.9.